The SMILES string of the molecule is CCOCCN1CCCN(N)C1=O. The van der Waals surface area contributed by atoms with Gasteiger partial charge in [0.05, 0.1) is 6.61 Å². The summed E-state index contributed by atoms with van der Waals surface area (Å²) in [5, 5.41) is 1.26. The van der Waals surface area contributed by atoms with Crippen LogP contribution >= 0.6 is 0 Å². The van der Waals surface area contributed by atoms with E-state index in [2.05, 4.69) is 0 Å². The predicted molar refractivity (Wildman–Crippen MR) is 49.0 cm³/mol. The molecule has 0 aromatic rings. The van der Waals surface area contributed by atoms with Crippen molar-refractivity contribution in [1.82, 2.24) is 9.91 Å². The molecule has 1 heterocycles. The summed E-state index contributed by atoms with van der Waals surface area (Å²) >= 11 is 0. The van der Waals surface area contributed by atoms with Gasteiger partial charge < -0.3 is 9.64 Å². The lowest BCUT2D eigenvalue weighted by molar-refractivity contribution is 0.0917. The first-order valence-corrected chi connectivity index (χ1v) is 4.64. The normalized spacial score (nSPS) is 18.2. The number of carbonyl (C=O) groups is 1. The average molecular weight is 187 g/mol. The molecule has 1 aliphatic heterocycles. The van der Waals surface area contributed by atoms with Crippen LogP contribution in [0.3, 0.4) is 0 Å². The van der Waals surface area contributed by atoms with Crippen LogP contribution in [-0.4, -0.2) is 48.8 Å². The highest BCUT2D eigenvalue weighted by Crippen LogP contribution is 2.04. The molecule has 2 N–H and O–H groups in total. The topological polar surface area (TPSA) is 58.8 Å². The van der Waals surface area contributed by atoms with Crippen LogP contribution in [0.25, 0.3) is 0 Å². The van der Waals surface area contributed by atoms with Crippen molar-refractivity contribution in [2.24, 2.45) is 5.84 Å². The standard InChI is InChI=1S/C8H17N3O2/c1-2-13-7-6-10-4-3-5-11(9)8(10)12/h2-7,9H2,1H3. The Morgan fingerprint density at radius 1 is 1.54 bits per heavy atom. The van der Waals surface area contributed by atoms with Gasteiger partial charge in [-0.25, -0.2) is 10.6 Å². The number of amides is 2. The third-order valence-corrected chi connectivity index (χ3v) is 2.05. The molecule has 5 nitrogen and oxygen atoms in total. The molecule has 0 aliphatic carbocycles. The van der Waals surface area contributed by atoms with Crippen LogP contribution in [0, 0.1) is 0 Å². The van der Waals surface area contributed by atoms with Crippen LogP contribution in [0.5, 0.6) is 0 Å². The molecular formula is C8H17N3O2. The van der Waals surface area contributed by atoms with E-state index in [0.717, 1.165) is 13.0 Å². The summed E-state index contributed by atoms with van der Waals surface area (Å²) < 4.78 is 5.17. The van der Waals surface area contributed by atoms with Gasteiger partial charge in [-0.1, -0.05) is 0 Å². The zero-order chi connectivity index (χ0) is 9.68. The minimum atomic E-state index is -0.0917. The molecule has 0 unspecified atom stereocenters. The number of hydrogen-bond acceptors (Lipinski definition) is 3. The van der Waals surface area contributed by atoms with Crippen molar-refractivity contribution < 1.29 is 9.53 Å². The predicted octanol–water partition coefficient (Wildman–Crippen LogP) is 0.0243. The maximum absolute atomic E-state index is 11.4. The first kappa shape index (κ1) is 10.3. The van der Waals surface area contributed by atoms with E-state index in [1.807, 2.05) is 6.92 Å². The van der Waals surface area contributed by atoms with E-state index in [0.29, 0.717) is 26.3 Å². The molecule has 0 aromatic heterocycles. The highest BCUT2D eigenvalue weighted by atomic mass is 16.5. The Bertz CT molecular complexity index is 175. The summed E-state index contributed by atoms with van der Waals surface area (Å²) in [5.41, 5.74) is 0. The first-order valence-electron chi connectivity index (χ1n) is 4.64. The summed E-state index contributed by atoms with van der Waals surface area (Å²) in [6.07, 6.45) is 0.939. The van der Waals surface area contributed by atoms with Crippen molar-refractivity contribution >= 4 is 6.03 Å². The van der Waals surface area contributed by atoms with Gasteiger partial charge in [0.2, 0.25) is 0 Å². The highest BCUT2D eigenvalue weighted by molar-refractivity contribution is 5.74. The molecule has 5 heteroatoms. The number of hydrogen-bond donors (Lipinski definition) is 1. The average Bonchev–Trinajstić information content (AvgIpc) is 2.13. The zero-order valence-corrected chi connectivity index (χ0v) is 8.03. The molecule has 1 rings (SSSR count). The summed E-state index contributed by atoms with van der Waals surface area (Å²) in [6.45, 7) is 5.31. The molecule has 1 saturated heterocycles. The van der Waals surface area contributed by atoms with E-state index in [4.69, 9.17) is 10.6 Å². The minimum absolute atomic E-state index is 0.0917. The number of hydrazine groups is 1. The van der Waals surface area contributed by atoms with Gasteiger partial charge in [0.25, 0.3) is 0 Å². The lowest BCUT2D eigenvalue weighted by atomic mass is 10.3. The molecule has 76 valence electrons. The number of rotatable bonds is 4. The maximum atomic E-state index is 11.4. The van der Waals surface area contributed by atoms with E-state index in [1.165, 1.54) is 5.01 Å². The summed E-state index contributed by atoms with van der Waals surface area (Å²) in [5.74, 6) is 5.47. The summed E-state index contributed by atoms with van der Waals surface area (Å²) in [6, 6.07) is -0.0917. The van der Waals surface area contributed by atoms with E-state index < -0.39 is 0 Å². The second kappa shape index (κ2) is 5.04. The smallest absolute Gasteiger partial charge is 0.334 e. The molecule has 0 atom stereocenters. The summed E-state index contributed by atoms with van der Waals surface area (Å²) in [7, 11) is 0. The van der Waals surface area contributed by atoms with E-state index in [-0.39, 0.29) is 6.03 Å². The number of nitrogens with two attached hydrogens (primary N) is 1. The Labute approximate surface area is 78.4 Å². The van der Waals surface area contributed by atoms with Gasteiger partial charge in [0.15, 0.2) is 0 Å². The fourth-order valence-electron chi connectivity index (χ4n) is 1.33. The lowest BCUT2D eigenvalue weighted by Gasteiger charge is -2.32. The maximum Gasteiger partial charge on any atom is 0.334 e. The fourth-order valence-corrected chi connectivity index (χ4v) is 1.33. The number of urea groups is 1. The van der Waals surface area contributed by atoms with Gasteiger partial charge >= 0.3 is 6.03 Å². The minimum Gasteiger partial charge on any atom is -0.380 e. The second-order valence-corrected chi connectivity index (χ2v) is 3.01. The van der Waals surface area contributed by atoms with E-state index in [9.17, 15) is 4.79 Å². The molecule has 0 saturated carbocycles. The first-order chi connectivity index (χ1) is 6.25. The largest absolute Gasteiger partial charge is 0.380 e. The van der Waals surface area contributed by atoms with Gasteiger partial charge in [-0.3, -0.25) is 5.01 Å². The molecule has 0 radical (unpaired) electrons. The van der Waals surface area contributed by atoms with Gasteiger partial charge in [-0.05, 0) is 13.3 Å². The summed E-state index contributed by atoms with van der Waals surface area (Å²) in [4.78, 5) is 13.1. The van der Waals surface area contributed by atoms with Crippen molar-refractivity contribution in [3.63, 3.8) is 0 Å². The van der Waals surface area contributed by atoms with Crippen LogP contribution in [0.2, 0.25) is 0 Å². The van der Waals surface area contributed by atoms with E-state index >= 15 is 0 Å². The van der Waals surface area contributed by atoms with Crippen LogP contribution < -0.4 is 5.84 Å². The third-order valence-electron chi connectivity index (χ3n) is 2.05. The van der Waals surface area contributed by atoms with Crippen molar-refractivity contribution in [3.05, 3.63) is 0 Å². The lowest BCUT2D eigenvalue weighted by Crippen LogP contribution is -2.53. The Balaban J connectivity index is 2.27. The molecule has 2 amide bonds. The van der Waals surface area contributed by atoms with Crippen LogP contribution in [0.15, 0.2) is 0 Å². The Morgan fingerprint density at radius 2 is 2.31 bits per heavy atom. The molecular weight excluding hydrogens is 170 g/mol. The third kappa shape index (κ3) is 2.86. The Kier molecular flexibility index (Phi) is 3.98. The fraction of sp³-hybridized carbons (Fsp3) is 0.875. The zero-order valence-electron chi connectivity index (χ0n) is 8.03. The van der Waals surface area contributed by atoms with Crippen LogP contribution in [-0.2, 0) is 4.74 Å². The molecule has 0 spiro atoms. The van der Waals surface area contributed by atoms with Crippen molar-refractivity contribution in [2.45, 2.75) is 13.3 Å². The van der Waals surface area contributed by atoms with Crippen molar-refractivity contribution in [3.8, 4) is 0 Å². The van der Waals surface area contributed by atoms with Crippen molar-refractivity contribution in [1.29, 1.82) is 0 Å². The Hall–Kier alpha value is -0.810. The monoisotopic (exact) mass is 187 g/mol. The van der Waals surface area contributed by atoms with Crippen LogP contribution in [0.1, 0.15) is 13.3 Å². The number of carbonyl (C=O) groups excluding carboxylic acids is 1. The highest BCUT2D eigenvalue weighted by Gasteiger charge is 2.22. The number of ether oxygens (including phenoxy) is 1. The van der Waals surface area contributed by atoms with E-state index in [1.54, 1.807) is 4.90 Å². The molecule has 0 bridgehead atoms. The van der Waals surface area contributed by atoms with Gasteiger partial charge in [-0.2, -0.15) is 0 Å². The van der Waals surface area contributed by atoms with Crippen molar-refractivity contribution in [2.75, 3.05) is 32.8 Å². The second-order valence-electron chi connectivity index (χ2n) is 3.01. The quantitative estimate of drug-likeness (QED) is 0.383. The molecule has 1 fully saturated rings. The van der Waals surface area contributed by atoms with Gasteiger partial charge in [-0.15, -0.1) is 0 Å². The van der Waals surface area contributed by atoms with Gasteiger partial charge in [0.1, 0.15) is 0 Å². The van der Waals surface area contributed by atoms with Gasteiger partial charge in [0, 0.05) is 26.2 Å². The van der Waals surface area contributed by atoms with Crippen LogP contribution in [0.4, 0.5) is 4.79 Å². The molecule has 13 heavy (non-hydrogen) atoms. The number of nitrogens with zero attached hydrogens (tertiary/aromatic N) is 2. The molecule has 1 aliphatic rings. The molecule has 0 aromatic carbocycles. The Morgan fingerprint density at radius 3 is 3.00 bits per heavy atom.